The molecule has 1 aromatic carbocycles. The topological polar surface area (TPSA) is 44.1 Å². The summed E-state index contributed by atoms with van der Waals surface area (Å²) in [6.07, 6.45) is 0.257. The number of halogens is 1. The second-order valence-electron chi connectivity index (χ2n) is 4.26. The van der Waals surface area contributed by atoms with Gasteiger partial charge in [0, 0.05) is 5.69 Å². The SMILES string of the molecule is Cc1cc(C)n(C(=O)CCOc2ccccc2Cl)n1. The Balaban J connectivity index is 1.91. The second-order valence-corrected chi connectivity index (χ2v) is 4.67. The molecule has 0 N–H and O–H groups in total. The molecule has 0 unspecified atom stereocenters. The van der Waals surface area contributed by atoms with Crippen LogP contribution in [0.15, 0.2) is 30.3 Å². The van der Waals surface area contributed by atoms with Gasteiger partial charge in [-0.25, -0.2) is 4.68 Å². The maximum absolute atomic E-state index is 11.9. The van der Waals surface area contributed by atoms with E-state index in [-0.39, 0.29) is 18.9 Å². The van der Waals surface area contributed by atoms with Gasteiger partial charge in [-0.3, -0.25) is 4.79 Å². The molecule has 2 aromatic rings. The fraction of sp³-hybridized carbons (Fsp3) is 0.286. The van der Waals surface area contributed by atoms with Crippen molar-refractivity contribution in [2.24, 2.45) is 0 Å². The van der Waals surface area contributed by atoms with Crippen LogP contribution in [0.3, 0.4) is 0 Å². The molecule has 0 fully saturated rings. The first-order valence-electron chi connectivity index (χ1n) is 6.01. The van der Waals surface area contributed by atoms with Crippen LogP contribution in [-0.2, 0) is 0 Å². The highest BCUT2D eigenvalue weighted by atomic mass is 35.5. The Morgan fingerprint density at radius 2 is 2.11 bits per heavy atom. The number of nitrogens with zero attached hydrogens (tertiary/aromatic N) is 2. The minimum Gasteiger partial charge on any atom is -0.491 e. The van der Waals surface area contributed by atoms with Gasteiger partial charge in [0.25, 0.3) is 5.91 Å². The van der Waals surface area contributed by atoms with Gasteiger partial charge in [0.05, 0.1) is 23.7 Å². The molecule has 0 amide bonds. The fourth-order valence-corrected chi connectivity index (χ4v) is 1.99. The van der Waals surface area contributed by atoms with E-state index in [1.807, 2.05) is 32.0 Å². The van der Waals surface area contributed by atoms with Gasteiger partial charge in [0.1, 0.15) is 5.75 Å². The molecule has 100 valence electrons. The standard InChI is InChI=1S/C14H15ClN2O2/c1-10-9-11(2)17(16-10)14(18)7-8-19-13-6-4-3-5-12(13)15/h3-6,9H,7-8H2,1-2H3. The first-order valence-corrected chi connectivity index (χ1v) is 6.39. The van der Waals surface area contributed by atoms with Crippen molar-refractivity contribution >= 4 is 17.5 Å². The quantitative estimate of drug-likeness (QED) is 0.862. The van der Waals surface area contributed by atoms with E-state index in [1.54, 1.807) is 12.1 Å². The Kier molecular flexibility index (Phi) is 4.22. The van der Waals surface area contributed by atoms with E-state index in [0.717, 1.165) is 11.4 Å². The number of benzene rings is 1. The maximum atomic E-state index is 11.9. The van der Waals surface area contributed by atoms with Crippen LogP contribution >= 0.6 is 11.6 Å². The monoisotopic (exact) mass is 278 g/mol. The molecular formula is C14H15ClN2O2. The molecular weight excluding hydrogens is 264 g/mol. The number of carbonyl (C=O) groups excluding carboxylic acids is 1. The lowest BCUT2D eigenvalue weighted by Gasteiger charge is -2.07. The molecule has 19 heavy (non-hydrogen) atoms. The minimum atomic E-state index is -0.0855. The molecule has 2 rings (SSSR count). The Bertz CT molecular complexity index is 593. The van der Waals surface area contributed by atoms with Crippen LogP contribution in [0.1, 0.15) is 22.6 Å². The predicted octanol–water partition coefficient (Wildman–Crippen LogP) is 3.26. The molecule has 1 heterocycles. The molecule has 1 aromatic heterocycles. The Morgan fingerprint density at radius 1 is 1.37 bits per heavy atom. The van der Waals surface area contributed by atoms with E-state index in [9.17, 15) is 4.79 Å². The molecule has 0 aliphatic carbocycles. The summed E-state index contributed by atoms with van der Waals surface area (Å²) in [5, 5.41) is 4.68. The molecule has 0 saturated heterocycles. The first-order chi connectivity index (χ1) is 9.08. The van der Waals surface area contributed by atoms with Crippen molar-refractivity contribution in [1.82, 2.24) is 9.78 Å². The van der Waals surface area contributed by atoms with Gasteiger partial charge in [0.15, 0.2) is 0 Å². The van der Waals surface area contributed by atoms with Gasteiger partial charge < -0.3 is 4.74 Å². The third-order valence-corrected chi connectivity index (χ3v) is 2.97. The van der Waals surface area contributed by atoms with Crippen molar-refractivity contribution in [1.29, 1.82) is 0 Å². The molecule has 4 nitrogen and oxygen atoms in total. The number of carbonyl (C=O) groups is 1. The van der Waals surface area contributed by atoms with E-state index in [0.29, 0.717) is 10.8 Å². The molecule has 0 bridgehead atoms. The summed E-state index contributed by atoms with van der Waals surface area (Å²) in [4.78, 5) is 11.9. The van der Waals surface area contributed by atoms with Crippen molar-refractivity contribution in [3.8, 4) is 5.75 Å². The summed E-state index contributed by atoms with van der Waals surface area (Å²) in [5.74, 6) is 0.503. The molecule has 0 aliphatic rings. The molecule has 0 saturated carbocycles. The van der Waals surface area contributed by atoms with Crippen molar-refractivity contribution in [2.45, 2.75) is 20.3 Å². The Morgan fingerprint density at radius 3 is 2.74 bits per heavy atom. The summed E-state index contributed by atoms with van der Waals surface area (Å²) in [7, 11) is 0. The number of para-hydroxylation sites is 1. The maximum Gasteiger partial charge on any atom is 0.250 e. The lowest BCUT2D eigenvalue weighted by molar-refractivity contribution is 0.0862. The lowest BCUT2D eigenvalue weighted by Crippen LogP contribution is -2.17. The highest BCUT2D eigenvalue weighted by Crippen LogP contribution is 2.23. The van der Waals surface area contributed by atoms with E-state index in [1.165, 1.54) is 4.68 Å². The summed E-state index contributed by atoms with van der Waals surface area (Å²) in [5.41, 5.74) is 1.66. The normalized spacial score (nSPS) is 10.5. The van der Waals surface area contributed by atoms with Gasteiger partial charge in [-0.1, -0.05) is 23.7 Å². The van der Waals surface area contributed by atoms with E-state index in [4.69, 9.17) is 16.3 Å². The molecule has 0 atom stereocenters. The van der Waals surface area contributed by atoms with Crippen LogP contribution in [-0.4, -0.2) is 22.3 Å². The number of hydrogen-bond donors (Lipinski definition) is 0. The Labute approximate surface area is 116 Å². The van der Waals surface area contributed by atoms with Crippen molar-refractivity contribution < 1.29 is 9.53 Å². The average molecular weight is 279 g/mol. The highest BCUT2D eigenvalue weighted by molar-refractivity contribution is 6.32. The van der Waals surface area contributed by atoms with Crippen LogP contribution in [0.2, 0.25) is 5.02 Å². The molecule has 0 spiro atoms. The van der Waals surface area contributed by atoms with Crippen molar-refractivity contribution in [2.75, 3.05) is 6.61 Å². The highest BCUT2D eigenvalue weighted by Gasteiger charge is 2.10. The van der Waals surface area contributed by atoms with Crippen LogP contribution in [0, 0.1) is 13.8 Å². The summed E-state index contributed by atoms with van der Waals surface area (Å²) in [6, 6.07) is 9.06. The summed E-state index contributed by atoms with van der Waals surface area (Å²) in [6.45, 7) is 3.99. The summed E-state index contributed by atoms with van der Waals surface area (Å²) >= 11 is 5.96. The van der Waals surface area contributed by atoms with E-state index in [2.05, 4.69) is 5.10 Å². The van der Waals surface area contributed by atoms with E-state index < -0.39 is 0 Å². The second kappa shape index (κ2) is 5.89. The zero-order valence-corrected chi connectivity index (χ0v) is 11.6. The minimum absolute atomic E-state index is 0.0855. The fourth-order valence-electron chi connectivity index (χ4n) is 1.80. The van der Waals surface area contributed by atoms with Gasteiger partial charge in [-0.2, -0.15) is 5.10 Å². The number of aromatic nitrogens is 2. The van der Waals surface area contributed by atoms with Crippen LogP contribution in [0.25, 0.3) is 0 Å². The van der Waals surface area contributed by atoms with Gasteiger partial charge in [-0.15, -0.1) is 0 Å². The van der Waals surface area contributed by atoms with Crippen molar-refractivity contribution in [3.05, 3.63) is 46.7 Å². The smallest absolute Gasteiger partial charge is 0.250 e. The number of ether oxygens (including phenoxy) is 1. The predicted molar refractivity (Wildman–Crippen MR) is 73.9 cm³/mol. The summed E-state index contributed by atoms with van der Waals surface area (Å²) < 4.78 is 6.89. The van der Waals surface area contributed by atoms with E-state index >= 15 is 0 Å². The zero-order chi connectivity index (χ0) is 13.8. The number of aryl methyl sites for hydroxylation is 2. The molecule has 0 radical (unpaired) electrons. The van der Waals surface area contributed by atoms with Gasteiger partial charge in [-0.05, 0) is 32.0 Å². The van der Waals surface area contributed by atoms with Crippen LogP contribution < -0.4 is 4.74 Å². The van der Waals surface area contributed by atoms with Crippen molar-refractivity contribution in [3.63, 3.8) is 0 Å². The first kappa shape index (κ1) is 13.6. The third kappa shape index (κ3) is 3.35. The number of hydrogen-bond acceptors (Lipinski definition) is 3. The largest absolute Gasteiger partial charge is 0.491 e. The van der Waals surface area contributed by atoms with Gasteiger partial charge in [0.2, 0.25) is 0 Å². The molecule has 5 heteroatoms. The molecule has 0 aliphatic heterocycles. The average Bonchev–Trinajstić information content (AvgIpc) is 2.71. The lowest BCUT2D eigenvalue weighted by atomic mass is 10.3. The zero-order valence-electron chi connectivity index (χ0n) is 10.9. The van der Waals surface area contributed by atoms with Crippen LogP contribution in [0.4, 0.5) is 0 Å². The number of rotatable bonds is 4. The third-order valence-electron chi connectivity index (χ3n) is 2.66. The van der Waals surface area contributed by atoms with Crippen LogP contribution in [0.5, 0.6) is 5.75 Å². The van der Waals surface area contributed by atoms with Gasteiger partial charge >= 0.3 is 0 Å². The Hall–Kier alpha value is -1.81.